The van der Waals surface area contributed by atoms with Gasteiger partial charge in [-0.25, -0.2) is 12.7 Å². The fraction of sp³-hybridized carbons (Fsp3) is 0.231. The number of hydrogen-bond donors (Lipinski definition) is 0. The van der Waals surface area contributed by atoms with Crippen LogP contribution in [0.1, 0.15) is 5.56 Å². The van der Waals surface area contributed by atoms with Gasteiger partial charge >= 0.3 is 0 Å². The molecule has 0 saturated carbocycles. The Morgan fingerprint density at radius 2 is 1.53 bits per heavy atom. The Bertz CT molecular complexity index is 660. The minimum Gasteiger partial charge on any atom is -0.207 e. The normalized spacial score (nSPS) is 12.2. The van der Waals surface area contributed by atoms with Crippen LogP contribution in [0.15, 0.2) is 41.3 Å². The summed E-state index contributed by atoms with van der Waals surface area (Å²) in [6.45, 7) is 2.02. The molecule has 0 amide bonds. The van der Waals surface area contributed by atoms with Crippen LogP contribution in [0.25, 0.3) is 10.8 Å². The molecule has 0 N–H and O–H groups in total. The van der Waals surface area contributed by atoms with Crippen LogP contribution in [0.3, 0.4) is 0 Å². The smallest absolute Gasteiger partial charge is 0.207 e. The molecule has 0 unspecified atom stereocenters. The topological polar surface area (TPSA) is 37.4 Å². The molecular formula is C13H15NO2S. The van der Waals surface area contributed by atoms with Crippen molar-refractivity contribution in [2.75, 3.05) is 14.1 Å². The average Bonchev–Trinajstić information content (AvgIpc) is 2.28. The van der Waals surface area contributed by atoms with Crippen LogP contribution < -0.4 is 0 Å². The van der Waals surface area contributed by atoms with Crippen molar-refractivity contribution in [3.63, 3.8) is 0 Å². The maximum Gasteiger partial charge on any atom is 0.242 e. The van der Waals surface area contributed by atoms with E-state index in [2.05, 4.69) is 0 Å². The third kappa shape index (κ3) is 2.18. The summed E-state index contributed by atoms with van der Waals surface area (Å²) in [5.41, 5.74) is 1.17. The van der Waals surface area contributed by atoms with Gasteiger partial charge in [0.15, 0.2) is 0 Å². The summed E-state index contributed by atoms with van der Waals surface area (Å²) in [4.78, 5) is 0.332. The molecule has 4 heteroatoms. The standard InChI is InChI=1S/C13H15NO2S/c1-10-4-5-12-9-13(7-6-11(12)8-10)17(15,16)14(2)3/h4-9H,1-3H3. The predicted molar refractivity (Wildman–Crippen MR) is 69.6 cm³/mol. The van der Waals surface area contributed by atoms with Gasteiger partial charge in [-0.2, -0.15) is 0 Å². The molecule has 2 aromatic carbocycles. The van der Waals surface area contributed by atoms with Gasteiger partial charge < -0.3 is 0 Å². The van der Waals surface area contributed by atoms with Gasteiger partial charge in [0.2, 0.25) is 10.0 Å². The van der Waals surface area contributed by atoms with Crippen molar-refractivity contribution in [2.24, 2.45) is 0 Å². The molecule has 0 aromatic heterocycles. The van der Waals surface area contributed by atoms with E-state index in [0.29, 0.717) is 4.90 Å². The maximum absolute atomic E-state index is 12.0. The predicted octanol–water partition coefficient (Wildman–Crippen LogP) is 2.40. The van der Waals surface area contributed by atoms with Crippen molar-refractivity contribution >= 4 is 20.8 Å². The zero-order chi connectivity index (χ0) is 12.6. The molecule has 17 heavy (non-hydrogen) atoms. The summed E-state index contributed by atoms with van der Waals surface area (Å²) < 4.78 is 25.2. The summed E-state index contributed by atoms with van der Waals surface area (Å²) in [7, 11) is -0.272. The van der Waals surface area contributed by atoms with E-state index in [0.717, 1.165) is 10.8 Å². The van der Waals surface area contributed by atoms with E-state index in [-0.39, 0.29) is 0 Å². The zero-order valence-corrected chi connectivity index (χ0v) is 11.0. The summed E-state index contributed by atoms with van der Waals surface area (Å²) in [5, 5.41) is 2.00. The Balaban J connectivity index is 2.64. The van der Waals surface area contributed by atoms with Gasteiger partial charge in [0.1, 0.15) is 0 Å². The van der Waals surface area contributed by atoms with Crippen molar-refractivity contribution < 1.29 is 8.42 Å². The summed E-state index contributed by atoms with van der Waals surface area (Å²) >= 11 is 0. The lowest BCUT2D eigenvalue weighted by molar-refractivity contribution is 0.521. The van der Waals surface area contributed by atoms with Gasteiger partial charge in [0.25, 0.3) is 0 Å². The van der Waals surface area contributed by atoms with Crippen LogP contribution >= 0.6 is 0 Å². The molecule has 2 aromatic rings. The minimum atomic E-state index is -3.35. The third-order valence-electron chi connectivity index (χ3n) is 2.75. The third-order valence-corrected chi connectivity index (χ3v) is 4.56. The molecule has 0 aliphatic heterocycles. The average molecular weight is 249 g/mol. The van der Waals surface area contributed by atoms with Crippen LogP contribution in [0.4, 0.5) is 0 Å². The molecule has 0 saturated heterocycles. The van der Waals surface area contributed by atoms with Crippen LogP contribution in [0.5, 0.6) is 0 Å². The lowest BCUT2D eigenvalue weighted by atomic mass is 10.1. The molecule has 0 bridgehead atoms. The fourth-order valence-electron chi connectivity index (χ4n) is 1.71. The molecule has 0 heterocycles. The monoisotopic (exact) mass is 249 g/mol. The van der Waals surface area contributed by atoms with Crippen molar-refractivity contribution in [2.45, 2.75) is 11.8 Å². The highest BCUT2D eigenvalue weighted by molar-refractivity contribution is 7.89. The van der Waals surface area contributed by atoms with Crippen LogP contribution in [-0.2, 0) is 10.0 Å². The number of fused-ring (bicyclic) bond motifs is 1. The second-order valence-corrected chi connectivity index (χ2v) is 6.45. The van der Waals surface area contributed by atoms with E-state index in [1.165, 1.54) is 24.0 Å². The number of rotatable bonds is 2. The maximum atomic E-state index is 12.0. The number of benzene rings is 2. The Morgan fingerprint density at radius 1 is 0.941 bits per heavy atom. The first-order valence-electron chi connectivity index (χ1n) is 5.34. The summed E-state index contributed by atoms with van der Waals surface area (Å²) in [6.07, 6.45) is 0. The molecule has 0 radical (unpaired) electrons. The molecule has 0 aliphatic carbocycles. The highest BCUT2D eigenvalue weighted by Crippen LogP contribution is 2.21. The van der Waals surface area contributed by atoms with Gasteiger partial charge in [-0.15, -0.1) is 0 Å². The molecule has 0 spiro atoms. The molecule has 0 aliphatic rings. The Labute approximate surface area is 102 Å². The summed E-state index contributed by atoms with van der Waals surface area (Å²) in [6, 6.07) is 11.2. The highest BCUT2D eigenvalue weighted by atomic mass is 32.2. The highest BCUT2D eigenvalue weighted by Gasteiger charge is 2.16. The lowest BCUT2D eigenvalue weighted by Crippen LogP contribution is -2.22. The number of nitrogens with zero attached hydrogens (tertiary/aromatic N) is 1. The quantitative estimate of drug-likeness (QED) is 0.819. The van der Waals surface area contributed by atoms with Crippen LogP contribution in [-0.4, -0.2) is 26.8 Å². The zero-order valence-electron chi connectivity index (χ0n) is 10.1. The first-order chi connectivity index (χ1) is 7.91. The van der Waals surface area contributed by atoms with Gasteiger partial charge in [-0.05, 0) is 29.8 Å². The number of hydrogen-bond acceptors (Lipinski definition) is 2. The Morgan fingerprint density at radius 3 is 2.18 bits per heavy atom. The number of sulfonamides is 1. The second kappa shape index (κ2) is 4.13. The first kappa shape index (κ1) is 12.1. The van der Waals surface area contributed by atoms with Crippen LogP contribution in [0.2, 0.25) is 0 Å². The number of aryl methyl sites for hydroxylation is 1. The van der Waals surface area contributed by atoms with E-state index in [4.69, 9.17) is 0 Å². The van der Waals surface area contributed by atoms with E-state index in [9.17, 15) is 8.42 Å². The molecule has 90 valence electrons. The van der Waals surface area contributed by atoms with E-state index < -0.39 is 10.0 Å². The van der Waals surface area contributed by atoms with E-state index in [1.54, 1.807) is 12.1 Å². The van der Waals surface area contributed by atoms with Gasteiger partial charge in [-0.1, -0.05) is 29.8 Å². The SMILES string of the molecule is Cc1ccc2cc(S(=O)(=O)N(C)C)ccc2c1. The second-order valence-electron chi connectivity index (χ2n) is 4.30. The van der Waals surface area contributed by atoms with E-state index in [1.807, 2.05) is 31.2 Å². The van der Waals surface area contributed by atoms with Crippen molar-refractivity contribution in [1.29, 1.82) is 0 Å². The fourth-order valence-corrected chi connectivity index (χ4v) is 2.65. The Kier molecular flexibility index (Phi) is 2.93. The van der Waals surface area contributed by atoms with Gasteiger partial charge in [0.05, 0.1) is 4.90 Å². The lowest BCUT2D eigenvalue weighted by Gasteiger charge is -2.11. The first-order valence-corrected chi connectivity index (χ1v) is 6.78. The Hall–Kier alpha value is -1.39. The molecule has 3 nitrogen and oxygen atoms in total. The molecule has 0 fully saturated rings. The van der Waals surface area contributed by atoms with Crippen molar-refractivity contribution in [1.82, 2.24) is 4.31 Å². The molecule has 0 atom stereocenters. The van der Waals surface area contributed by atoms with Crippen LogP contribution in [0, 0.1) is 6.92 Å². The largest absolute Gasteiger partial charge is 0.242 e. The molecule has 2 rings (SSSR count). The van der Waals surface area contributed by atoms with E-state index >= 15 is 0 Å². The van der Waals surface area contributed by atoms with Gasteiger partial charge in [0, 0.05) is 14.1 Å². The molecular weight excluding hydrogens is 234 g/mol. The van der Waals surface area contributed by atoms with Gasteiger partial charge in [-0.3, -0.25) is 0 Å². The van der Waals surface area contributed by atoms with Crippen molar-refractivity contribution in [3.05, 3.63) is 42.0 Å². The summed E-state index contributed by atoms with van der Waals surface area (Å²) in [5.74, 6) is 0. The van der Waals surface area contributed by atoms with Crippen molar-refractivity contribution in [3.8, 4) is 0 Å². The minimum absolute atomic E-state index is 0.332.